The molecule has 0 radical (unpaired) electrons. The Bertz CT molecular complexity index is 518. The molecule has 17 heavy (non-hydrogen) atoms. The van der Waals surface area contributed by atoms with Crippen LogP contribution in [0.3, 0.4) is 0 Å². The second-order valence-corrected chi connectivity index (χ2v) is 4.00. The highest BCUT2D eigenvalue weighted by atomic mass is 16.5. The molecule has 0 atom stereocenters. The first-order valence-electron chi connectivity index (χ1n) is 5.60. The topological polar surface area (TPSA) is 29.5 Å². The quantitative estimate of drug-likeness (QED) is 0.874. The van der Waals surface area contributed by atoms with Crippen LogP contribution in [0.25, 0.3) is 11.1 Å². The van der Waals surface area contributed by atoms with Gasteiger partial charge in [-0.3, -0.25) is 0 Å². The van der Waals surface area contributed by atoms with Crippen LogP contribution in [0.5, 0.6) is 5.75 Å². The van der Waals surface area contributed by atoms with Crippen LogP contribution >= 0.6 is 0 Å². The predicted molar refractivity (Wildman–Crippen MR) is 69.1 cm³/mol. The van der Waals surface area contributed by atoms with E-state index in [9.17, 15) is 5.11 Å². The van der Waals surface area contributed by atoms with E-state index in [2.05, 4.69) is 19.1 Å². The number of methoxy groups -OCH3 is 1. The van der Waals surface area contributed by atoms with Gasteiger partial charge in [0.15, 0.2) is 0 Å². The van der Waals surface area contributed by atoms with Crippen molar-refractivity contribution in [2.24, 2.45) is 0 Å². The third kappa shape index (κ3) is 2.32. The van der Waals surface area contributed by atoms with E-state index in [1.54, 1.807) is 7.11 Å². The molecule has 0 heterocycles. The summed E-state index contributed by atoms with van der Waals surface area (Å²) >= 11 is 0. The first-order chi connectivity index (χ1) is 8.26. The van der Waals surface area contributed by atoms with Gasteiger partial charge in [0, 0.05) is 0 Å². The molecule has 88 valence electrons. The van der Waals surface area contributed by atoms with Gasteiger partial charge < -0.3 is 9.84 Å². The smallest absolute Gasteiger partial charge is 0.119 e. The molecule has 0 spiro atoms. The minimum Gasteiger partial charge on any atom is -0.497 e. The van der Waals surface area contributed by atoms with Crippen LogP contribution in [0.2, 0.25) is 0 Å². The first kappa shape index (κ1) is 11.7. The van der Waals surface area contributed by atoms with Gasteiger partial charge in [0.1, 0.15) is 5.75 Å². The zero-order valence-electron chi connectivity index (χ0n) is 10.1. The molecule has 0 saturated carbocycles. The maximum absolute atomic E-state index is 9.39. The fourth-order valence-electron chi connectivity index (χ4n) is 1.95. The van der Waals surface area contributed by atoms with E-state index in [0.717, 1.165) is 22.4 Å². The van der Waals surface area contributed by atoms with Crippen molar-refractivity contribution in [1.29, 1.82) is 0 Å². The van der Waals surface area contributed by atoms with Crippen molar-refractivity contribution in [2.75, 3.05) is 7.11 Å². The Hall–Kier alpha value is -1.80. The summed E-state index contributed by atoms with van der Waals surface area (Å²) in [5.41, 5.74) is 4.27. The van der Waals surface area contributed by atoms with Crippen LogP contribution < -0.4 is 4.74 Å². The molecule has 0 unspecified atom stereocenters. The number of aliphatic hydroxyl groups excluding tert-OH is 1. The van der Waals surface area contributed by atoms with Gasteiger partial charge in [-0.05, 0) is 41.3 Å². The standard InChI is InChI=1S/C15H16O2/c1-11-5-3-4-6-14(11)15-9-13(17-2)8-7-12(15)10-16/h3-9,16H,10H2,1-2H3. The first-order valence-corrected chi connectivity index (χ1v) is 5.60. The van der Waals surface area contributed by atoms with Crippen LogP contribution in [-0.2, 0) is 6.61 Å². The molecule has 2 aromatic rings. The number of aryl methyl sites for hydroxylation is 1. The van der Waals surface area contributed by atoms with Gasteiger partial charge >= 0.3 is 0 Å². The van der Waals surface area contributed by atoms with E-state index < -0.39 is 0 Å². The van der Waals surface area contributed by atoms with Crippen molar-refractivity contribution in [2.45, 2.75) is 13.5 Å². The van der Waals surface area contributed by atoms with Crippen molar-refractivity contribution in [3.63, 3.8) is 0 Å². The minimum atomic E-state index is 0.0354. The van der Waals surface area contributed by atoms with Crippen LogP contribution in [-0.4, -0.2) is 12.2 Å². The van der Waals surface area contributed by atoms with Crippen LogP contribution in [0.15, 0.2) is 42.5 Å². The van der Waals surface area contributed by atoms with E-state index in [1.807, 2.05) is 30.3 Å². The fraction of sp³-hybridized carbons (Fsp3) is 0.200. The second-order valence-electron chi connectivity index (χ2n) is 4.00. The molecule has 0 amide bonds. The highest BCUT2D eigenvalue weighted by molar-refractivity contribution is 5.71. The molecule has 2 heteroatoms. The summed E-state index contributed by atoms with van der Waals surface area (Å²) in [6.45, 7) is 2.10. The van der Waals surface area contributed by atoms with Gasteiger partial charge in [-0.2, -0.15) is 0 Å². The van der Waals surface area contributed by atoms with Gasteiger partial charge in [-0.15, -0.1) is 0 Å². The third-order valence-corrected chi connectivity index (χ3v) is 2.92. The number of hydrogen-bond acceptors (Lipinski definition) is 2. The maximum Gasteiger partial charge on any atom is 0.119 e. The predicted octanol–water partition coefficient (Wildman–Crippen LogP) is 3.16. The van der Waals surface area contributed by atoms with Crippen LogP contribution in [0.1, 0.15) is 11.1 Å². The summed E-state index contributed by atoms with van der Waals surface area (Å²) in [7, 11) is 1.65. The zero-order valence-corrected chi connectivity index (χ0v) is 10.1. The van der Waals surface area contributed by atoms with Crippen molar-refractivity contribution < 1.29 is 9.84 Å². The summed E-state index contributed by atoms with van der Waals surface area (Å²) < 4.78 is 5.23. The molecule has 0 bridgehead atoms. The van der Waals surface area contributed by atoms with E-state index in [1.165, 1.54) is 5.56 Å². The summed E-state index contributed by atoms with van der Waals surface area (Å²) in [5, 5.41) is 9.39. The molecule has 0 aliphatic heterocycles. The third-order valence-electron chi connectivity index (χ3n) is 2.92. The Morgan fingerprint density at radius 2 is 1.82 bits per heavy atom. The number of rotatable bonds is 3. The van der Waals surface area contributed by atoms with Gasteiger partial charge in [0.05, 0.1) is 13.7 Å². The lowest BCUT2D eigenvalue weighted by atomic mass is 9.96. The Labute approximate surface area is 101 Å². The summed E-state index contributed by atoms with van der Waals surface area (Å²) in [6.07, 6.45) is 0. The van der Waals surface area contributed by atoms with Crippen LogP contribution in [0.4, 0.5) is 0 Å². The zero-order chi connectivity index (χ0) is 12.3. The lowest BCUT2D eigenvalue weighted by Crippen LogP contribution is -1.93. The van der Waals surface area contributed by atoms with E-state index in [4.69, 9.17) is 4.74 Å². The lowest BCUT2D eigenvalue weighted by molar-refractivity contribution is 0.282. The number of hydrogen-bond donors (Lipinski definition) is 1. The Morgan fingerprint density at radius 3 is 2.47 bits per heavy atom. The summed E-state index contributed by atoms with van der Waals surface area (Å²) in [6, 6.07) is 13.9. The molecular weight excluding hydrogens is 212 g/mol. The molecular formula is C15H16O2. The Balaban J connectivity index is 2.60. The molecule has 2 nitrogen and oxygen atoms in total. The van der Waals surface area contributed by atoms with Gasteiger partial charge in [0.2, 0.25) is 0 Å². The molecule has 0 aromatic heterocycles. The van der Waals surface area contributed by atoms with Gasteiger partial charge in [-0.1, -0.05) is 30.3 Å². The Kier molecular flexibility index (Phi) is 3.45. The van der Waals surface area contributed by atoms with Gasteiger partial charge in [0.25, 0.3) is 0 Å². The van der Waals surface area contributed by atoms with Crippen molar-refractivity contribution >= 4 is 0 Å². The fourth-order valence-corrected chi connectivity index (χ4v) is 1.95. The van der Waals surface area contributed by atoms with E-state index >= 15 is 0 Å². The number of aliphatic hydroxyl groups is 1. The molecule has 0 fully saturated rings. The normalized spacial score (nSPS) is 10.3. The number of ether oxygens (including phenoxy) is 1. The highest BCUT2D eigenvalue weighted by Crippen LogP contribution is 2.30. The van der Waals surface area contributed by atoms with E-state index in [-0.39, 0.29) is 6.61 Å². The van der Waals surface area contributed by atoms with Gasteiger partial charge in [-0.25, -0.2) is 0 Å². The molecule has 0 saturated heterocycles. The molecule has 0 aliphatic rings. The highest BCUT2D eigenvalue weighted by Gasteiger charge is 2.08. The second kappa shape index (κ2) is 5.02. The van der Waals surface area contributed by atoms with Crippen molar-refractivity contribution in [3.05, 3.63) is 53.6 Å². The van der Waals surface area contributed by atoms with Crippen molar-refractivity contribution in [1.82, 2.24) is 0 Å². The summed E-state index contributed by atoms with van der Waals surface area (Å²) in [4.78, 5) is 0. The maximum atomic E-state index is 9.39. The molecule has 2 aromatic carbocycles. The molecule has 0 aliphatic carbocycles. The average molecular weight is 228 g/mol. The molecule has 2 rings (SSSR count). The SMILES string of the molecule is COc1ccc(CO)c(-c2ccccc2C)c1. The average Bonchev–Trinajstić information content (AvgIpc) is 2.38. The Morgan fingerprint density at radius 1 is 1.06 bits per heavy atom. The van der Waals surface area contributed by atoms with E-state index in [0.29, 0.717) is 0 Å². The minimum absolute atomic E-state index is 0.0354. The number of benzene rings is 2. The molecule has 1 N–H and O–H groups in total. The van der Waals surface area contributed by atoms with Crippen molar-refractivity contribution in [3.8, 4) is 16.9 Å². The monoisotopic (exact) mass is 228 g/mol. The summed E-state index contributed by atoms with van der Waals surface area (Å²) in [5.74, 6) is 0.806. The lowest BCUT2D eigenvalue weighted by Gasteiger charge is -2.12. The van der Waals surface area contributed by atoms with Crippen LogP contribution in [0, 0.1) is 6.92 Å². The largest absolute Gasteiger partial charge is 0.497 e.